The molecule has 4 saturated carbocycles. The van der Waals surface area contributed by atoms with Crippen LogP contribution in [0, 0.1) is 29.1 Å². The van der Waals surface area contributed by atoms with E-state index in [1.807, 2.05) is 60.7 Å². The molecule has 5 heteroatoms. The zero-order chi connectivity index (χ0) is 29.3. The van der Waals surface area contributed by atoms with Crippen LogP contribution < -0.4 is 0 Å². The first kappa shape index (κ1) is 25.5. The third kappa shape index (κ3) is 4.20. The highest BCUT2D eigenvalue weighted by Crippen LogP contribution is 2.60. The SMILES string of the molecule is N#Cc1ccc2c(-c3nc(-c4ccc(C56CC7CC(CC(C7)C5)C6)cc4)nc(-c4ccc5ccccc5n4)n3)cccc2c1. The lowest BCUT2D eigenvalue weighted by molar-refractivity contribution is -0.00518. The van der Waals surface area contributed by atoms with Gasteiger partial charge in [-0.15, -0.1) is 0 Å². The Hall–Kier alpha value is -4.95. The molecule has 0 saturated heterocycles. The van der Waals surface area contributed by atoms with Crippen molar-refractivity contribution in [1.82, 2.24) is 19.9 Å². The Morgan fingerprint density at radius 2 is 1.32 bits per heavy atom. The molecule has 0 amide bonds. The highest BCUT2D eigenvalue weighted by atomic mass is 15.0. The molecule has 2 heterocycles. The quantitative estimate of drug-likeness (QED) is 0.212. The predicted molar refractivity (Wildman–Crippen MR) is 174 cm³/mol. The summed E-state index contributed by atoms with van der Waals surface area (Å²) in [5.74, 6) is 4.52. The molecule has 4 bridgehead atoms. The Balaban J connectivity index is 1.17. The summed E-state index contributed by atoms with van der Waals surface area (Å²) >= 11 is 0. The van der Waals surface area contributed by atoms with E-state index < -0.39 is 0 Å². The van der Waals surface area contributed by atoms with Gasteiger partial charge in [-0.25, -0.2) is 19.9 Å². The maximum atomic E-state index is 9.46. The number of fused-ring (bicyclic) bond motifs is 2. The van der Waals surface area contributed by atoms with Crippen molar-refractivity contribution in [3.63, 3.8) is 0 Å². The fourth-order valence-corrected chi connectivity index (χ4v) is 8.92. The van der Waals surface area contributed by atoms with E-state index in [1.165, 1.54) is 44.1 Å². The van der Waals surface area contributed by atoms with Gasteiger partial charge >= 0.3 is 0 Å². The first-order valence-corrected chi connectivity index (χ1v) is 15.8. The van der Waals surface area contributed by atoms with Crippen LogP contribution in [-0.2, 0) is 5.41 Å². The van der Waals surface area contributed by atoms with E-state index >= 15 is 0 Å². The third-order valence-corrected chi connectivity index (χ3v) is 10.5. The van der Waals surface area contributed by atoms with Crippen molar-refractivity contribution < 1.29 is 0 Å². The van der Waals surface area contributed by atoms with Crippen LogP contribution in [0.2, 0.25) is 0 Å². The van der Waals surface area contributed by atoms with Crippen molar-refractivity contribution in [3.8, 4) is 40.4 Å². The van der Waals surface area contributed by atoms with E-state index in [2.05, 4.69) is 42.5 Å². The van der Waals surface area contributed by atoms with Gasteiger partial charge in [0, 0.05) is 16.5 Å². The lowest BCUT2D eigenvalue weighted by atomic mass is 9.48. The van der Waals surface area contributed by atoms with Gasteiger partial charge in [0.2, 0.25) is 0 Å². The number of hydrogen-bond donors (Lipinski definition) is 0. The van der Waals surface area contributed by atoms with E-state index in [9.17, 15) is 5.26 Å². The predicted octanol–water partition coefficient (Wildman–Crippen LogP) is 8.91. The summed E-state index contributed by atoms with van der Waals surface area (Å²) < 4.78 is 0. The van der Waals surface area contributed by atoms with Gasteiger partial charge in [0.15, 0.2) is 17.5 Å². The summed E-state index contributed by atoms with van der Waals surface area (Å²) in [6.45, 7) is 0. The molecule has 0 unspecified atom stereocenters. The smallest absolute Gasteiger partial charge is 0.182 e. The lowest BCUT2D eigenvalue weighted by Gasteiger charge is -2.57. The molecule has 5 nitrogen and oxygen atoms in total. The van der Waals surface area contributed by atoms with Crippen molar-refractivity contribution >= 4 is 21.7 Å². The number of pyridine rings is 1. The standard InChI is InChI=1S/C39H31N5/c40-23-24-8-14-32-30(19-24)5-3-6-33(32)37-42-36(43-38(44-37)35-15-11-28-4-1-2-7-34(28)41-35)29-9-12-31(13-10-29)39-20-25-16-26(21-39)18-27(17-25)22-39/h1-15,19,25-27H,16-18,20-22H2. The van der Waals surface area contributed by atoms with Gasteiger partial charge in [0.05, 0.1) is 17.1 Å². The molecule has 6 aromatic rings. The molecule has 0 N–H and O–H groups in total. The Kier molecular flexibility index (Phi) is 5.68. The number of hydrogen-bond acceptors (Lipinski definition) is 5. The Labute approximate surface area is 256 Å². The minimum Gasteiger partial charge on any atom is -0.244 e. The van der Waals surface area contributed by atoms with Crippen LogP contribution in [-0.4, -0.2) is 19.9 Å². The summed E-state index contributed by atoms with van der Waals surface area (Å²) in [5, 5.41) is 12.5. The molecule has 212 valence electrons. The summed E-state index contributed by atoms with van der Waals surface area (Å²) in [7, 11) is 0. The van der Waals surface area contributed by atoms with Crippen LogP contribution in [0.4, 0.5) is 0 Å². The number of benzene rings is 4. The van der Waals surface area contributed by atoms with Crippen molar-refractivity contribution in [1.29, 1.82) is 5.26 Å². The van der Waals surface area contributed by atoms with Crippen LogP contribution in [0.5, 0.6) is 0 Å². The molecule has 44 heavy (non-hydrogen) atoms. The molecule has 4 aliphatic rings. The van der Waals surface area contributed by atoms with Crippen LogP contribution in [0.15, 0.2) is 97.1 Å². The summed E-state index contributed by atoms with van der Waals surface area (Å²) in [5.41, 5.74) is 5.98. The average Bonchev–Trinajstić information content (AvgIpc) is 3.07. The van der Waals surface area contributed by atoms with Crippen LogP contribution in [0.3, 0.4) is 0 Å². The summed E-state index contributed by atoms with van der Waals surface area (Å²) in [6.07, 6.45) is 8.38. The molecule has 4 aromatic carbocycles. The number of nitrogens with zero attached hydrogens (tertiary/aromatic N) is 5. The highest BCUT2D eigenvalue weighted by molar-refractivity contribution is 5.96. The topological polar surface area (TPSA) is 75.3 Å². The molecular weight excluding hydrogens is 538 g/mol. The van der Waals surface area contributed by atoms with Crippen molar-refractivity contribution in [2.75, 3.05) is 0 Å². The second kappa shape index (κ2) is 9.79. The van der Waals surface area contributed by atoms with Gasteiger partial charge in [-0.2, -0.15) is 5.26 Å². The van der Waals surface area contributed by atoms with E-state index in [4.69, 9.17) is 19.9 Å². The largest absolute Gasteiger partial charge is 0.244 e. The Morgan fingerprint density at radius 1 is 0.614 bits per heavy atom. The second-order valence-electron chi connectivity index (χ2n) is 13.3. The van der Waals surface area contributed by atoms with Gasteiger partial charge < -0.3 is 0 Å². The van der Waals surface area contributed by atoms with Crippen LogP contribution in [0.1, 0.15) is 49.7 Å². The van der Waals surface area contributed by atoms with Crippen LogP contribution >= 0.6 is 0 Å². The minimum absolute atomic E-state index is 0.350. The fourth-order valence-electron chi connectivity index (χ4n) is 8.92. The minimum atomic E-state index is 0.350. The molecule has 4 aliphatic carbocycles. The van der Waals surface area contributed by atoms with Gasteiger partial charge in [-0.3, -0.25) is 0 Å². The number of aromatic nitrogens is 4. The number of nitriles is 1. The highest BCUT2D eigenvalue weighted by Gasteiger charge is 2.51. The molecule has 0 radical (unpaired) electrons. The fraction of sp³-hybridized carbons (Fsp3) is 0.256. The Morgan fingerprint density at radius 3 is 2.09 bits per heavy atom. The van der Waals surface area contributed by atoms with Crippen LogP contribution in [0.25, 0.3) is 56.0 Å². The molecule has 2 aromatic heterocycles. The zero-order valence-corrected chi connectivity index (χ0v) is 24.4. The van der Waals surface area contributed by atoms with E-state index in [1.54, 1.807) is 0 Å². The van der Waals surface area contributed by atoms with Gasteiger partial charge in [-0.1, -0.05) is 72.8 Å². The van der Waals surface area contributed by atoms with Crippen molar-refractivity contribution in [3.05, 3.63) is 108 Å². The molecular formula is C39H31N5. The number of para-hydroxylation sites is 1. The maximum Gasteiger partial charge on any atom is 0.182 e. The molecule has 0 aliphatic heterocycles. The second-order valence-corrected chi connectivity index (χ2v) is 13.3. The van der Waals surface area contributed by atoms with E-state index in [0.29, 0.717) is 34.1 Å². The van der Waals surface area contributed by atoms with Gasteiger partial charge in [0.25, 0.3) is 0 Å². The first-order chi connectivity index (χ1) is 21.6. The zero-order valence-electron chi connectivity index (χ0n) is 24.4. The molecule has 0 spiro atoms. The maximum absolute atomic E-state index is 9.46. The lowest BCUT2D eigenvalue weighted by Crippen LogP contribution is -2.48. The monoisotopic (exact) mass is 569 g/mol. The average molecular weight is 570 g/mol. The van der Waals surface area contributed by atoms with Crippen molar-refractivity contribution in [2.45, 2.75) is 43.9 Å². The summed E-state index contributed by atoms with van der Waals surface area (Å²) in [4.78, 5) is 20.0. The number of rotatable bonds is 4. The van der Waals surface area contributed by atoms with Gasteiger partial charge in [-0.05, 0) is 102 Å². The summed E-state index contributed by atoms with van der Waals surface area (Å²) in [6, 6.07) is 35.4. The Bertz CT molecular complexity index is 2090. The molecule has 4 fully saturated rings. The van der Waals surface area contributed by atoms with E-state index in [0.717, 1.165) is 50.6 Å². The third-order valence-electron chi connectivity index (χ3n) is 10.5. The van der Waals surface area contributed by atoms with E-state index in [-0.39, 0.29) is 0 Å². The molecule has 10 rings (SSSR count). The first-order valence-electron chi connectivity index (χ1n) is 15.8. The van der Waals surface area contributed by atoms with Gasteiger partial charge in [0.1, 0.15) is 5.69 Å². The normalized spacial score (nSPS) is 23.7. The molecule has 0 atom stereocenters. The van der Waals surface area contributed by atoms with Crippen molar-refractivity contribution in [2.24, 2.45) is 17.8 Å².